The highest BCUT2D eigenvalue weighted by Crippen LogP contribution is 2.27. The van der Waals surface area contributed by atoms with Gasteiger partial charge in [0.15, 0.2) is 0 Å². The first-order chi connectivity index (χ1) is 21.8. The first-order valence-electron chi connectivity index (χ1n) is 14.1. The van der Waals surface area contributed by atoms with Gasteiger partial charge in [-0.1, -0.05) is 54.6 Å². The maximum absolute atomic E-state index is 13.0. The van der Waals surface area contributed by atoms with Gasteiger partial charge in [-0.2, -0.15) is 0 Å². The van der Waals surface area contributed by atoms with Gasteiger partial charge in [-0.25, -0.2) is 9.59 Å². The Morgan fingerprint density at radius 1 is 0.844 bits per heavy atom. The Balaban J connectivity index is 0.000000475. The minimum absolute atomic E-state index is 0.215. The third-order valence-electron chi connectivity index (χ3n) is 6.80. The number of H-pyrrole nitrogens is 1. The number of aldehydes is 1. The van der Waals surface area contributed by atoms with E-state index in [0.29, 0.717) is 35.4 Å². The number of hydrogen-bond donors (Lipinski definition) is 3. The fourth-order valence-electron chi connectivity index (χ4n) is 4.50. The van der Waals surface area contributed by atoms with Crippen molar-refractivity contribution in [1.29, 1.82) is 0 Å². The third-order valence-corrected chi connectivity index (χ3v) is 6.80. The van der Waals surface area contributed by atoms with Crippen LogP contribution in [-0.4, -0.2) is 84.6 Å². The molecule has 11 nitrogen and oxygen atoms in total. The number of likely N-dealkylation sites (N-methyl/N-ethyl adjacent to an activating group) is 1. The molecule has 0 spiro atoms. The number of ether oxygens (including phenoxy) is 1. The SMILES string of the molecule is C#C.CCOC(=O)c1ccccc1NC(=O)Nc1cccc2c(C(=O)C(=O)N3CCN(C)CC3)c[nH]c12.O=Cc1ccccc1. The number of anilines is 2. The lowest BCUT2D eigenvalue weighted by Crippen LogP contribution is -2.49. The predicted octanol–water partition coefficient (Wildman–Crippen LogP) is 4.69. The van der Waals surface area contributed by atoms with Crippen LogP contribution in [-0.2, 0) is 9.53 Å². The van der Waals surface area contributed by atoms with Gasteiger partial charge in [0, 0.05) is 43.3 Å². The second-order valence-corrected chi connectivity index (χ2v) is 9.73. The van der Waals surface area contributed by atoms with E-state index in [9.17, 15) is 24.0 Å². The lowest BCUT2D eigenvalue weighted by atomic mass is 10.1. The lowest BCUT2D eigenvalue weighted by molar-refractivity contribution is -0.127. The van der Waals surface area contributed by atoms with Gasteiger partial charge in [-0.15, -0.1) is 12.8 Å². The molecule has 45 heavy (non-hydrogen) atoms. The number of ketones is 1. The summed E-state index contributed by atoms with van der Waals surface area (Å²) in [6.45, 7) is 4.36. The van der Waals surface area contributed by atoms with Gasteiger partial charge >= 0.3 is 12.0 Å². The van der Waals surface area contributed by atoms with Crippen molar-refractivity contribution < 1.29 is 28.7 Å². The van der Waals surface area contributed by atoms with E-state index in [4.69, 9.17) is 4.74 Å². The molecule has 3 aromatic carbocycles. The highest BCUT2D eigenvalue weighted by molar-refractivity contribution is 6.45. The van der Waals surface area contributed by atoms with Crippen LogP contribution in [0.2, 0.25) is 0 Å². The van der Waals surface area contributed by atoms with Gasteiger partial charge in [0.25, 0.3) is 11.7 Å². The molecule has 1 aliphatic rings. The first-order valence-corrected chi connectivity index (χ1v) is 14.1. The second kappa shape index (κ2) is 16.8. The van der Waals surface area contributed by atoms with Gasteiger partial charge in [0.2, 0.25) is 0 Å². The van der Waals surface area contributed by atoms with E-state index in [2.05, 4.69) is 33.4 Å². The van der Waals surface area contributed by atoms with Crippen molar-refractivity contribution in [3.8, 4) is 12.8 Å². The Bertz CT molecular complexity index is 1660. The van der Waals surface area contributed by atoms with E-state index in [0.717, 1.165) is 24.9 Å². The van der Waals surface area contributed by atoms with Crippen molar-refractivity contribution in [2.45, 2.75) is 6.92 Å². The molecule has 1 aromatic heterocycles. The maximum atomic E-state index is 13.0. The standard InChI is InChI=1S/C25H27N5O5.C7H6O.C2H2/c1-3-35-24(33)17-7-4-5-9-19(17)27-25(34)28-20-10-6-8-16-18(15-26-21(16)20)22(31)23(32)30-13-11-29(2)12-14-30;8-6-7-4-2-1-3-5-7;1-2/h4-10,15,26H,3,11-14H2,1-2H3,(H2,27,28,34);1-6H;1-2H. The molecule has 3 amide bonds. The monoisotopic (exact) mass is 609 g/mol. The number of nitrogens with one attached hydrogen (secondary N) is 3. The molecular formula is C34H35N5O6. The molecule has 5 rings (SSSR count). The van der Waals surface area contributed by atoms with E-state index in [1.807, 2.05) is 25.2 Å². The number of aromatic nitrogens is 1. The molecule has 4 aromatic rings. The Labute approximate surface area is 261 Å². The van der Waals surface area contributed by atoms with Crippen LogP contribution in [0, 0.1) is 12.8 Å². The van der Waals surface area contributed by atoms with Crippen molar-refractivity contribution >= 4 is 52.3 Å². The quantitative estimate of drug-likeness (QED) is 0.0908. The average molecular weight is 610 g/mol. The zero-order chi connectivity index (χ0) is 32.8. The topological polar surface area (TPSA) is 141 Å². The number of hydrogen-bond acceptors (Lipinski definition) is 7. The molecule has 2 heterocycles. The Kier molecular flexibility index (Phi) is 12.6. The smallest absolute Gasteiger partial charge is 0.340 e. The summed E-state index contributed by atoms with van der Waals surface area (Å²) in [6.07, 6.45) is 10.3. The van der Waals surface area contributed by atoms with Crippen LogP contribution in [0.1, 0.15) is 38.0 Å². The molecule has 0 saturated carbocycles. The molecule has 0 radical (unpaired) electrons. The number of piperazine rings is 1. The van der Waals surface area contributed by atoms with Crippen LogP contribution in [0.5, 0.6) is 0 Å². The normalized spacial score (nSPS) is 12.4. The minimum Gasteiger partial charge on any atom is -0.462 e. The number of rotatable bonds is 7. The van der Waals surface area contributed by atoms with Crippen molar-refractivity contribution in [2.24, 2.45) is 0 Å². The maximum Gasteiger partial charge on any atom is 0.340 e. The molecule has 232 valence electrons. The Morgan fingerprint density at radius 2 is 1.47 bits per heavy atom. The molecule has 0 unspecified atom stereocenters. The zero-order valence-corrected chi connectivity index (χ0v) is 25.1. The third kappa shape index (κ3) is 8.89. The zero-order valence-electron chi connectivity index (χ0n) is 25.1. The summed E-state index contributed by atoms with van der Waals surface area (Å²) in [7, 11) is 1.98. The second-order valence-electron chi connectivity index (χ2n) is 9.73. The van der Waals surface area contributed by atoms with E-state index < -0.39 is 23.7 Å². The van der Waals surface area contributed by atoms with Gasteiger partial charge in [0.05, 0.1) is 34.6 Å². The molecular weight excluding hydrogens is 574 g/mol. The number of urea groups is 1. The largest absolute Gasteiger partial charge is 0.462 e. The number of para-hydroxylation sites is 2. The van der Waals surface area contributed by atoms with Crippen molar-refractivity contribution in [2.75, 3.05) is 50.5 Å². The van der Waals surface area contributed by atoms with Crippen LogP contribution >= 0.6 is 0 Å². The summed E-state index contributed by atoms with van der Waals surface area (Å²) in [5.41, 5.74) is 2.44. The molecule has 11 heteroatoms. The minimum atomic E-state index is -0.592. The van der Waals surface area contributed by atoms with Crippen LogP contribution in [0.4, 0.5) is 16.2 Å². The fourth-order valence-corrected chi connectivity index (χ4v) is 4.50. The van der Waals surface area contributed by atoms with E-state index in [-0.39, 0.29) is 17.7 Å². The van der Waals surface area contributed by atoms with E-state index >= 15 is 0 Å². The van der Waals surface area contributed by atoms with Gasteiger partial charge < -0.3 is 30.2 Å². The number of nitrogens with zero attached hydrogens (tertiary/aromatic N) is 2. The summed E-state index contributed by atoms with van der Waals surface area (Å²) in [6, 6.07) is 20.1. The van der Waals surface area contributed by atoms with Gasteiger partial charge in [-0.3, -0.25) is 14.4 Å². The highest BCUT2D eigenvalue weighted by Gasteiger charge is 2.28. The van der Waals surface area contributed by atoms with Crippen LogP contribution in [0.3, 0.4) is 0 Å². The predicted molar refractivity (Wildman–Crippen MR) is 173 cm³/mol. The highest BCUT2D eigenvalue weighted by atomic mass is 16.5. The Morgan fingerprint density at radius 3 is 2.11 bits per heavy atom. The molecule has 0 atom stereocenters. The molecule has 0 aliphatic carbocycles. The number of terminal acetylenes is 1. The molecule has 0 bridgehead atoms. The molecule has 1 aliphatic heterocycles. The number of carbonyl (C=O) groups excluding carboxylic acids is 5. The number of Topliss-reactive ketones (excluding diaryl/α,β-unsaturated/α-hetero) is 1. The summed E-state index contributed by atoms with van der Waals surface area (Å²) < 4.78 is 5.04. The van der Waals surface area contributed by atoms with E-state index in [1.165, 1.54) is 6.20 Å². The Hall–Kier alpha value is -5.73. The molecule has 1 fully saturated rings. The first kappa shape index (κ1) is 33.8. The molecule has 3 N–H and O–H groups in total. The number of fused-ring (bicyclic) bond motifs is 1. The van der Waals surface area contributed by atoms with Crippen molar-refractivity contribution in [1.82, 2.24) is 14.8 Å². The summed E-state index contributed by atoms with van der Waals surface area (Å²) in [5.74, 6) is -1.67. The number of aromatic amines is 1. The van der Waals surface area contributed by atoms with Crippen molar-refractivity contribution in [3.05, 3.63) is 95.7 Å². The van der Waals surface area contributed by atoms with E-state index in [1.54, 1.807) is 66.4 Å². The lowest BCUT2D eigenvalue weighted by Gasteiger charge is -2.31. The molecule has 1 saturated heterocycles. The summed E-state index contributed by atoms with van der Waals surface area (Å²) in [5, 5.41) is 5.93. The fraction of sp³-hybridized carbons (Fsp3) is 0.206. The number of benzene rings is 3. The number of amides is 3. The van der Waals surface area contributed by atoms with Gasteiger partial charge in [-0.05, 0) is 32.2 Å². The number of esters is 1. The van der Waals surface area contributed by atoms with Crippen LogP contribution in [0.15, 0.2) is 79.0 Å². The average Bonchev–Trinajstić information content (AvgIpc) is 3.51. The van der Waals surface area contributed by atoms with Gasteiger partial charge in [0.1, 0.15) is 6.29 Å². The summed E-state index contributed by atoms with van der Waals surface area (Å²) >= 11 is 0. The number of carbonyl (C=O) groups is 5. The van der Waals surface area contributed by atoms with Crippen LogP contribution in [0.25, 0.3) is 10.9 Å². The van der Waals surface area contributed by atoms with Crippen LogP contribution < -0.4 is 10.6 Å². The summed E-state index contributed by atoms with van der Waals surface area (Å²) in [4.78, 5) is 67.3. The van der Waals surface area contributed by atoms with Crippen molar-refractivity contribution in [3.63, 3.8) is 0 Å².